The van der Waals surface area contributed by atoms with Crippen LogP contribution in [0.1, 0.15) is 28.3 Å². The summed E-state index contributed by atoms with van der Waals surface area (Å²) in [4.78, 5) is 17.5. The van der Waals surface area contributed by atoms with Crippen LogP contribution in [0.15, 0.2) is 107 Å². The SMILES string of the molecule is Cc1ccc2ccccc2c1CN(Cc1ccc(C(F)(F)F)o1)Cc1ccc(-c2cccc(S(=O)(=O)CC(=O)O)c2)c2nccn12. The van der Waals surface area contributed by atoms with Gasteiger partial charge in [0.05, 0.1) is 11.4 Å². The van der Waals surface area contributed by atoms with Crippen molar-refractivity contribution in [3.63, 3.8) is 0 Å². The lowest BCUT2D eigenvalue weighted by atomic mass is 9.99. The highest BCUT2D eigenvalue weighted by Crippen LogP contribution is 2.32. The third-order valence-electron chi connectivity index (χ3n) is 7.81. The fourth-order valence-corrected chi connectivity index (χ4v) is 6.72. The van der Waals surface area contributed by atoms with Gasteiger partial charge in [0, 0.05) is 36.7 Å². The minimum atomic E-state index is -4.60. The van der Waals surface area contributed by atoms with Gasteiger partial charge in [-0.1, -0.05) is 48.5 Å². The van der Waals surface area contributed by atoms with Gasteiger partial charge in [0.1, 0.15) is 11.4 Å². The Kier molecular flexibility index (Phi) is 8.17. The van der Waals surface area contributed by atoms with Gasteiger partial charge in [-0.25, -0.2) is 13.4 Å². The van der Waals surface area contributed by atoms with Crippen molar-refractivity contribution in [1.29, 1.82) is 0 Å². The molecule has 0 radical (unpaired) electrons. The van der Waals surface area contributed by atoms with E-state index in [1.807, 2.05) is 58.7 Å². The second kappa shape index (κ2) is 12.1. The largest absolute Gasteiger partial charge is 0.480 e. The first-order valence-corrected chi connectivity index (χ1v) is 15.9. The number of alkyl halides is 3. The molecule has 0 aliphatic rings. The molecule has 0 spiro atoms. The van der Waals surface area contributed by atoms with Gasteiger partial charge in [-0.3, -0.25) is 9.69 Å². The molecule has 8 nitrogen and oxygen atoms in total. The maximum atomic E-state index is 13.3. The van der Waals surface area contributed by atoms with E-state index in [-0.39, 0.29) is 17.2 Å². The highest BCUT2D eigenvalue weighted by Gasteiger charge is 2.35. The molecular weight excluding hydrogens is 619 g/mol. The van der Waals surface area contributed by atoms with Gasteiger partial charge < -0.3 is 13.9 Å². The molecule has 0 aliphatic carbocycles. The Balaban J connectivity index is 1.38. The number of halogens is 3. The van der Waals surface area contributed by atoms with Crippen molar-refractivity contribution < 1.29 is 35.9 Å². The number of rotatable bonds is 10. The van der Waals surface area contributed by atoms with Crippen molar-refractivity contribution in [2.75, 3.05) is 5.75 Å². The van der Waals surface area contributed by atoms with E-state index in [0.717, 1.165) is 33.7 Å². The second-order valence-electron chi connectivity index (χ2n) is 11.0. The summed E-state index contributed by atoms with van der Waals surface area (Å²) in [6.45, 7) is 2.82. The number of aliphatic carboxylic acids is 1. The van der Waals surface area contributed by atoms with Crippen molar-refractivity contribution in [3.8, 4) is 11.1 Å². The summed E-state index contributed by atoms with van der Waals surface area (Å²) >= 11 is 0. The molecule has 46 heavy (non-hydrogen) atoms. The molecule has 0 saturated carbocycles. The number of carboxylic acids is 1. The van der Waals surface area contributed by atoms with Gasteiger partial charge in [-0.05, 0) is 70.8 Å². The van der Waals surface area contributed by atoms with Crippen LogP contribution < -0.4 is 0 Å². The zero-order chi connectivity index (χ0) is 32.6. The number of imidazole rings is 1. The minimum Gasteiger partial charge on any atom is -0.480 e. The summed E-state index contributed by atoms with van der Waals surface area (Å²) in [6, 6.07) is 24.0. The molecule has 0 amide bonds. The third-order valence-corrected chi connectivity index (χ3v) is 9.41. The Morgan fingerprint density at radius 1 is 0.957 bits per heavy atom. The molecule has 3 aromatic heterocycles. The van der Waals surface area contributed by atoms with Crippen LogP contribution in [-0.4, -0.2) is 39.5 Å². The van der Waals surface area contributed by atoms with Gasteiger partial charge in [-0.2, -0.15) is 13.2 Å². The van der Waals surface area contributed by atoms with Crippen molar-refractivity contribution in [1.82, 2.24) is 14.3 Å². The van der Waals surface area contributed by atoms with Gasteiger partial charge in [0.2, 0.25) is 5.76 Å². The van der Waals surface area contributed by atoms with Crippen LogP contribution in [0, 0.1) is 6.92 Å². The Morgan fingerprint density at radius 2 is 1.76 bits per heavy atom. The number of nitrogens with zero attached hydrogens (tertiary/aromatic N) is 3. The van der Waals surface area contributed by atoms with E-state index < -0.39 is 33.5 Å². The number of benzene rings is 3. The molecule has 236 valence electrons. The van der Waals surface area contributed by atoms with Crippen LogP contribution in [0.5, 0.6) is 0 Å². The van der Waals surface area contributed by atoms with E-state index in [1.54, 1.807) is 30.6 Å². The number of hydrogen-bond donors (Lipinski definition) is 1. The molecule has 0 unspecified atom stereocenters. The van der Waals surface area contributed by atoms with Crippen LogP contribution in [0.2, 0.25) is 0 Å². The van der Waals surface area contributed by atoms with E-state index in [1.165, 1.54) is 18.2 Å². The smallest absolute Gasteiger partial charge is 0.449 e. The highest BCUT2D eigenvalue weighted by molar-refractivity contribution is 7.92. The van der Waals surface area contributed by atoms with Crippen molar-refractivity contribution in [2.45, 2.75) is 37.6 Å². The fraction of sp³-hybridized carbons (Fsp3) is 0.176. The maximum Gasteiger partial charge on any atom is 0.449 e. The van der Waals surface area contributed by atoms with E-state index in [4.69, 9.17) is 9.52 Å². The van der Waals surface area contributed by atoms with Gasteiger partial charge in [0.25, 0.3) is 0 Å². The quantitative estimate of drug-likeness (QED) is 0.169. The lowest BCUT2D eigenvalue weighted by Gasteiger charge is -2.24. The van der Waals surface area contributed by atoms with Crippen molar-refractivity contribution >= 4 is 32.2 Å². The molecule has 6 aromatic rings. The van der Waals surface area contributed by atoms with Gasteiger partial charge in [0.15, 0.2) is 15.6 Å². The Hall–Kier alpha value is -4.94. The molecule has 0 atom stereocenters. The topological polar surface area (TPSA) is 105 Å². The van der Waals surface area contributed by atoms with Crippen LogP contribution >= 0.6 is 0 Å². The maximum absolute atomic E-state index is 13.3. The van der Waals surface area contributed by atoms with E-state index in [0.29, 0.717) is 29.9 Å². The van der Waals surface area contributed by atoms with Gasteiger partial charge >= 0.3 is 12.1 Å². The molecule has 1 N–H and O–H groups in total. The predicted molar refractivity (Wildman–Crippen MR) is 166 cm³/mol. The molecule has 6 rings (SSSR count). The standard InChI is InChI=1S/C34H28F3N3O5S/c1-22-9-10-23-5-2-3-8-28(23)30(22)20-39(19-26-12-14-31(45-26)34(35,36)37)18-25-11-13-29(33-38-15-16-40(25)33)24-6-4-7-27(17-24)46(43,44)21-32(41)42/h2-17H,18-21H2,1H3,(H,41,42). The first-order chi connectivity index (χ1) is 21.9. The molecular formula is C34H28F3N3O5S. The number of pyridine rings is 1. The number of furan rings is 1. The first kappa shape index (κ1) is 31.1. The Morgan fingerprint density at radius 3 is 2.52 bits per heavy atom. The summed E-state index contributed by atoms with van der Waals surface area (Å²) in [5, 5.41) is 11.1. The Bertz CT molecular complexity index is 2190. The normalized spacial score (nSPS) is 12.4. The van der Waals surface area contributed by atoms with Crippen LogP contribution in [0.25, 0.3) is 27.5 Å². The third kappa shape index (κ3) is 6.40. The summed E-state index contributed by atoms with van der Waals surface area (Å²) in [7, 11) is -4.05. The number of carbonyl (C=O) groups is 1. The van der Waals surface area contributed by atoms with Crippen molar-refractivity contribution in [3.05, 3.63) is 126 Å². The molecule has 0 bridgehead atoms. The Labute approximate surface area is 262 Å². The number of aromatic nitrogens is 2. The molecule has 0 aliphatic heterocycles. The van der Waals surface area contributed by atoms with Gasteiger partial charge in [-0.15, -0.1) is 0 Å². The van der Waals surface area contributed by atoms with E-state index in [9.17, 15) is 26.4 Å². The average molecular weight is 648 g/mol. The van der Waals surface area contributed by atoms with E-state index in [2.05, 4.69) is 4.98 Å². The molecule has 3 heterocycles. The monoisotopic (exact) mass is 647 g/mol. The minimum absolute atomic E-state index is 0.0974. The molecule has 3 aromatic carbocycles. The molecule has 0 saturated heterocycles. The predicted octanol–water partition coefficient (Wildman–Crippen LogP) is 7.14. The summed E-state index contributed by atoms with van der Waals surface area (Å²) < 4.78 is 72.3. The van der Waals surface area contributed by atoms with Crippen LogP contribution in [0.3, 0.4) is 0 Å². The highest BCUT2D eigenvalue weighted by atomic mass is 32.2. The van der Waals surface area contributed by atoms with E-state index >= 15 is 0 Å². The average Bonchev–Trinajstić information content (AvgIpc) is 3.69. The number of hydrogen-bond acceptors (Lipinski definition) is 6. The lowest BCUT2D eigenvalue weighted by Crippen LogP contribution is -2.24. The zero-order valence-electron chi connectivity index (χ0n) is 24.5. The van der Waals surface area contributed by atoms with Crippen LogP contribution in [-0.2, 0) is 40.4 Å². The molecule has 0 fully saturated rings. The zero-order valence-corrected chi connectivity index (χ0v) is 25.3. The van der Waals surface area contributed by atoms with Crippen LogP contribution in [0.4, 0.5) is 13.2 Å². The number of fused-ring (bicyclic) bond motifs is 2. The summed E-state index contributed by atoms with van der Waals surface area (Å²) in [5.74, 6) is -3.36. The second-order valence-corrected chi connectivity index (χ2v) is 13.0. The summed E-state index contributed by atoms with van der Waals surface area (Å²) in [5.41, 5.74) is 4.56. The first-order valence-electron chi connectivity index (χ1n) is 14.2. The summed E-state index contributed by atoms with van der Waals surface area (Å²) in [6.07, 6.45) is -1.23. The number of carboxylic acid groups (broad SMARTS) is 1. The van der Waals surface area contributed by atoms with Crippen molar-refractivity contribution in [2.24, 2.45) is 0 Å². The lowest BCUT2D eigenvalue weighted by molar-refractivity contribution is -0.153. The number of aryl methyl sites for hydroxylation is 1. The number of sulfone groups is 1. The fourth-order valence-electron chi connectivity index (χ4n) is 5.64. The molecule has 12 heteroatoms.